The maximum Gasteiger partial charge on any atom is 0.162 e. The maximum atomic E-state index is 7.60. The van der Waals surface area contributed by atoms with Gasteiger partial charge in [-0.15, -0.1) is 11.3 Å². The smallest absolute Gasteiger partial charge is 0.162 e. The molecule has 0 bridgehead atoms. The number of benzene rings is 1. The number of ether oxygens (including phenoxy) is 1. The molecule has 1 saturated heterocycles. The van der Waals surface area contributed by atoms with Crippen LogP contribution >= 0.6 is 11.3 Å². The lowest BCUT2D eigenvalue weighted by Gasteiger charge is -2.28. The van der Waals surface area contributed by atoms with Crippen LogP contribution in [0.1, 0.15) is 37.1 Å². The van der Waals surface area contributed by atoms with Gasteiger partial charge in [0.25, 0.3) is 0 Å². The number of rotatable bonds is 8. The third kappa shape index (κ3) is 5.31. The number of nitrogens with one attached hydrogen (secondary N) is 1. The van der Waals surface area contributed by atoms with Crippen LogP contribution in [0.15, 0.2) is 42.0 Å². The molecular weight excluding hydrogens is 430 g/mol. The zero-order valence-corrected chi connectivity index (χ0v) is 20.1. The number of morpholine rings is 1. The van der Waals surface area contributed by atoms with Gasteiger partial charge in [-0.25, -0.2) is 9.97 Å². The molecular formula is C26H31N5OS. The van der Waals surface area contributed by atoms with Gasteiger partial charge in [0.1, 0.15) is 0 Å². The standard InChI is InChI=1S/C26H31N5OS/c1-3-18(2)7-4-5-8-19-17-23-24(33-19)26(31-13-15-32-16-14-31)30-25(29-23)21-9-6-10-22(28)20(21)11-12-27/h3,5-6,8-10,12,17,27H,4,7,11,13-16,28H2,1-2H3/b8-5+,18-3-,27-12?. The van der Waals surface area contributed by atoms with Gasteiger partial charge in [-0.05, 0) is 56.7 Å². The summed E-state index contributed by atoms with van der Waals surface area (Å²) in [5.74, 6) is 1.61. The van der Waals surface area contributed by atoms with Crippen LogP contribution < -0.4 is 10.6 Å². The Morgan fingerprint density at radius 1 is 1.27 bits per heavy atom. The summed E-state index contributed by atoms with van der Waals surface area (Å²) in [6, 6.07) is 7.94. The van der Waals surface area contributed by atoms with Crippen molar-refractivity contribution in [2.45, 2.75) is 33.1 Å². The average Bonchev–Trinajstić information content (AvgIpc) is 3.26. The van der Waals surface area contributed by atoms with Crippen LogP contribution in [0.2, 0.25) is 0 Å². The van der Waals surface area contributed by atoms with E-state index in [0.717, 1.165) is 53.1 Å². The number of hydrogen-bond acceptors (Lipinski definition) is 7. The summed E-state index contributed by atoms with van der Waals surface area (Å²) in [6.45, 7) is 7.26. The lowest BCUT2D eigenvalue weighted by molar-refractivity contribution is 0.122. The maximum absolute atomic E-state index is 7.60. The van der Waals surface area contributed by atoms with Crippen molar-refractivity contribution in [1.29, 1.82) is 5.41 Å². The van der Waals surface area contributed by atoms with E-state index in [0.29, 0.717) is 31.1 Å². The molecule has 172 valence electrons. The van der Waals surface area contributed by atoms with Crippen LogP contribution in [0.5, 0.6) is 0 Å². The summed E-state index contributed by atoms with van der Waals surface area (Å²) in [7, 11) is 0. The Balaban J connectivity index is 1.77. The molecule has 4 rings (SSSR count). The first kappa shape index (κ1) is 23.1. The zero-order valence-electron chi connectivity index (χ0n) is 19.3. The Labute approximate surface area is 199 Å². The fourth-order valence-electron chi connectivity index (χ4n) is 3.92. The predicted octanol–water partition coefficient (Wildman–Crippen LogP) is 5.73. The Morgan fingerprint density at radius 3 is 2.85 bits per heavy atom. The van der Waals surface area contributed by atoms with Gasteiger partial charge >= 0.3 is 0 Å². The van der Waals surface area contributed by atoms with Gasteiger partial charge in [0.15, 0.2) is 11.6 Å². The van der Waals surface area contributed by atoms with Crippen LogP contribution in [0, 0.1) is 5.41 Å². The molecule has 1 fully saturated rings. The van der Waals surface area contributed by atoms with E-state index < -0.39 is 0 Å². The first-order valence-electron chi connectivity index (χ1n) is 11.4. The van der Waals surface area contributed by atoms with Gasteiger partial charge in [-0.1, -0.05) is 29.9 Å². The van der Waals surface area contributed by atoms with E-state index in [-0.39, 0.29) is 0 Å². The van der Waals surface area contributed by atoms with Crippen LogP contribution in [-0.2, 0) is 11.2 Å². The third-order valence-electron chi connectivity index (χ3n) is 5.92. The van der Waals surface area contributed by atoms with Crippen molar-refractivity contribution in [2.24, 2.45) is 0 Å². The number of hydrogen-bond donors (Lipinski definition) is 2. The van der Waals surface area contributed by atoms with E-state index in [1.165, 1.54) is 16.7 Å². The summed E-state index contributed by atoms with van der Waals surface area (Å²) in [5, 5.41) is 7.60. The second-order valence-corrected chi connectivity index (χ2v) is 9.27. The molecule has 1 aliphatic heterocycles. The summed E-state index contributed by atoms with van der Waals surface area (Å²) >= 11 is 1.73. The molecule has 0 saturated carbocycles. The Morgan fingerprint density at radius 2 is 2.09 bits per heavy atom. The fraction of sp³-hybridized carbons (Fsp3) is 0.346. The molecule has 3 N–H and O–H groups in total. The summed E-state index contributed by atoms with van der Waals surface area (Å²) in [6.07, 6.45) is 10.5. The largest absolute Gasteiger partial charge is 0.398 e. The molecule has 0 radical (unpaired) electrons. The highest BCUT2D eigenvalue weighted by molar-refractivity contribution is 7.20. The molecule has 0 aliphatic carbocycles. The number of anilines is 2. The highest BCUT2D eigenvalue weighted by Gasteiger charge is 2.21. The van der Waals surface area contributed by atoms with E-state index in [9.17, 15) is 0 Å². The monoisotopic (exact) mass is 461 g/mol. The minimum Gasteiger partial charge on any atom is -0.398 e. The minimum absolute atomic E-state index is 0.458. The molecule has 7 heteroatoms. The second-order valence-electron chi connectivity index (χ2n) is 8.19. The lowest BCUT2D eigenvalue weighted by atomic mass is 10.0. The first-order valence-corrected chi connectivity index (χ1v) is 12.2. The Hall–Kier alpha value is -3.03. The fourth-order valence-corrected chi connectivity index (χ4v) is 4.97. The molecule has 3 aromatic rings. The van der Waals surface area contributed by atoms with Crippen LogP contribution in [0.4, 0.5) is 11.5 Å². The molecule has 0 unspecified atom stereocenters. The number of nitrogen functional groups attached to an aromatic ring is 1. The Kier molecular flexibility index (Phi) is 7.52. The molecule has 0 spiro atoms. The van der Waals surface area contributed by atoms with Gasteiger partial charge in [0, 0.05) is 35.6 Å². The van der Waals surface area contributed by atoms with Crippen molar-refractivity contribution < 1.29 is 4.74 Å². The molecule has 0 atom stereocenters. The van der Waals surface area contributed by atoms with Crippen molar-refractivity contribution >= 4 is 45.3 Å². The van der Waals surface area contributed by atoms with Crippen LogP contribution in [0.3, 0.4) is 0 Å². The quantitative estimate of drug-likeness (QED) is 0.254. The summed E-state index contributed by atoms with van der Waals surface area (Å²) < 4.78 is 6.67. The van der Waals surface area contributed by atoms with Gasteiger partial charge in [0.2, 0.25) is 0 Å². The summed E-state index contributed by atoms with van der Waals surface area (Å²) in [5.41, 5.74) is 11.0. The molecule has 2 aromatic heterocycles. The molecule has 1 aliphatic rings. The Bertz CT molecular complexity index is 1190. The molecule has 1 aromatic carbocycles. The topological polar surface area (TPSA) is 88.1 Å². The SMILES string of the molecule is C/C=C(/C)CC/C=C/c1cc2nc(-c3cccc(N)c3CC=N)nc(N3CCOCC3)c2s1. The van der Waals surface area contributed by atoms with Gasteiger partial charge in [-0.3, -0.25) is 0 Å². The number of fused-ring (bicyclic) bond motifs is 1. The highest BCUT2D eigenvalue weighted by atomic mass is 32.1. The number of thiophene rings is 1. The average molecular weight is 462 g/mol. The third-order valence-corrected chi connectivity index (χ3v) is 7.01. The molecule has 0 amide bonds. The van der Waals surface area contributed by atoms with Crippen LogP contribution in [0.25, 0.3) is 27.7 Å². The van der Waals surface area contributed by atoms with E-state index >= 15 is 0 Å². The number of aromatic nitrogens is 2. The van der Waals surface area contributed by atoms with E-state index in [4.69, 9.17) is 25.8 Å². The van der Waals surface area contributed by atoms with Gasteiger partial charge in [0.05, 0.1) is 23.4 Å². The normalized spacial score (nSPS) is 15.0. The summed E-state index contributed by atoms with van der Waals surface area (Å²) in [4.78, 5) is 13.4. The van der Waals surface area contributed by atoms with Crippen molar-refractivity contribution in [3.8, 4) is 11.4 Å². The van der Waals surface area contributed by atoms with Crippen molar-refractivity contribution in [1.82, 2.24) is 9.97 Å². The number of nitrogens with two attached hydrogens (primary N) is 1. The van der Waals surface area contributed by atoms with Gasteiger partial charge < -0.3 is 20.8 Å². The molecule has 6 nitrogen and oxygen atoms in total. The van der Waals surface area contributed by atoms with Gasteiger partial charge in [-0.2, -0.15) is 0 Å². The highest BCUT2D eigenvalue weighted by Crippen LogP contribution is 2.36. The van der Waals surface area contributed by atoms with Crippen molar-refractivity contribution in [2.75, 3.05) is 36.9 Å². The predicted molar refractivity (Wildman–Crippen MR) is 140 cm³/mol. The lowest BCUT2D eigenvalue weighted by Crippen LogP contribution is -2.36. The number of nitrogens with zero attached hydrogens (tertiary/aromatic N) is 3. The minimum atomic E-state index is 0.458. The molecule has 33 heavy (non-hydrogen) atoms. The van der Waals surface area contributed by atoms with Crippen LogP contribution in [-0.4, -0.2) is 42.5 Å². The van der Waals surface area contributed by atoms with E-state index in [1.807, 2.05) is 18.2 Å². The van der Waals surface area contributed by atoms with Crippen molar-refractivity contribution in [3.63, 3.8) is 0 Å². The second kappa shape index (κ2) is 10.7. The van der Waals surface area contributed by atoms with E-state index in [1.54, 1.807) is 11.3 Å². The number of allylic oxidation sites excluding steroid dienone is 3. The first-order chi connectivity index (χ1) is 16.1. The van der Waals surface area contributed by atoms with Crippen molar-refractivity contribution in [3.05, 3.63) is 52.4 Å². The van der Waals surface area contributed by atoms with E-state index in [2.05, 4.69) is 43.0 Å². The zero-order chi connectivity index (χ0) is 23.2. The molecule has 3 heterocycles.